The van der Waals surface area contributed by atoms with Gasteiger partial charge < -0.3 is 13.9 Å². The van der Waals surface area contributed by atoms with Gasteiger partial charge in [-0.05, 0) is 42.5 Å². The molecule has 0 aliphatic rings. The Kier molecular flexibility index (Phi) is 4.48. The summed E-state index contributed by atoms with van der Waals surface area (Å²) in [5.74, 6) is 0.818. The summed E-state index contributed by atoms with van der Waals surface area (Å²) in [4.78, 5) is 11.6. The molecule has 0 N–H and O–H groups in total. The average Bonchev–Trinajstić information content (AvgIpc) is 3.46. The number of nitrogens with zero attached hydrogens (tertiary/aromatic N) is 2. The summed E-state index contributed by atoms with van der Waals surface area (Å²) in [5, 5.41) is 4.75. The number of methoxy groups -OCH3 is 1. The number of fused-ring (bicyclic) bond motifs is 7. The molecular formula is C32H22N2O2. The van der Waals surface area contributed by atoms with Crippen molar-refractivity contribution in [3.8, 4) is 17.1 Å². The van der Waals surface area contributed by atoms with E-state index in [9.17, 15) is 4.79 Å². The summed E-state index contributed by atoms with van der Waals surface area (Å²) >= 11 is 0. The van der Waals surface area contributed by atoms with Crippen LogP contribution in [-0.4, -0.2) is 22.5 Å². The van der Waals surface area contributed by atoms with Gasteiger partial charge in [0.2, 0.25) is 0 Å². The van der Waals surface area contributed by atoms with Crippen molar-refractivity contribution in [2.45, 2.75) is 0 Å². The lowest BCUT2D eigenvalue weighted by molar-refractivity contribution is 0.112. The fourth-order valence-electron chi connectivity index (χ4n) is 5.54. The number of hydrogen-bond donors (Lipinski definition) is 0. The van der Waals surface area contributed by atoms with Crippen molar-refractivity contribution in [3.05, 3.63) is 115 Å². The second kappa shape index (κ2) is 7.85. The third-order valence-electron chi connectivity index (χ3n) is 7.05. The SMILES string of the molecule is COc1cccc(-n2c3ccccc3c3ccc4c(c5ccccc5n4-c4cccc(C=O)c4)c32)c1. The highest BCUT2D eigenvalue weighted by Crippen LogP contribution is 2.42. The van der Waals surface area contributed by atoms with Crippen LogP contribution >= 0.6 is 0 Å². The van der Waals surface area contributed by atoms with Gasteiger partial charge in [-0.25, -0.2) is 0 Å². The molecule has 0 saturated carbocycles. The summed E-state index contributed by atoms with van der Waals surface area (Å²) in [6.45, 7) is 0. The Morgan fingerprint density at radius 1 is 0.611 bits per heavy atom. The number of ether oxygens (including phenoxy) is 1. The van der Waals surface area contributed by atoms with Gasteiger partial charge in [0.05, 0.1) is 29.2 Å². The van der Waals surface area contributed by atoms with Crippen LogP contribution < -0.4 is 4.74 Å². The first-order valence-corrected chi connectivity index (χ1v) is 11.9. The Labute approximate surface area is 207 Å². The molecule has 2 heterocycles. The van der Waals surface area contributed by atoms with E-state index in [2.05, 4.69) is 88.0 Å². The number of aromatic nitrogens is 2. The number of benzene rings is 5. The fourth-order valence-corrected chi connectivity index (χ4v) is 5.54. The van der Waals surface area contributed by atoms with Gasteiger partial charge in [0.15, 0.2) is 0 Å². The largest absolute Gasteiger partial charge is 0.497 e. The van der Waals surface area contributed by atoms with Gasteiger partial charge in [-0.1, -0.05) is 60.7 Å². The summed E-state index contributed by atoms with van der Waals surface area (Å²) in [6, 6.07) is 37.4. The molecule has 0 fully saturated rings. The number of aldehydes is 1. The van der Waals surface area contributed by atoms with Crippen LogP contribution in [0.5, 0.6) is 5.75 Å². The smallest absolute Gasteiger partial charge is 0.150 e. The Hall–Kier alpha value is -4.83. The predicted octanol–water partition coefficient (Wildman–Crippen LogP) is 7.70. The molecule has 2 aromatic heterocycles. The fraction of sp³-hybridized carbons (Fsp3) is 0.0312. The van der Waals surface area contributed by atoms with Crippen LogP contribution in [0.25, 0.3) is 55.0 Å². The third kappa shape index (κ3) is 2.85. The van der Waals surface area contributed by atoms with E-state index in [4.69, 9.17) is 4.74 Å². The molecule has 36 heavy (non-hydrogen) atoms. The normalized spacial score (nSPS) is 11.6. The van der Waals surface area contributed by atoms with Crippen LogP contribution in [0.3, 0.4) is 0 Å². The molecule has 0 unspecified atom stereocenters. The summed E-state index contributed by atoms with van der Waals surface area (Å²) in [7, 11) is 1.70. The van der Waals surface area contributed by atoms with E-state index < -0.39 is 0 Å². The molecule has 0 bridgehead atoms. The number of rotatable bonds is 4. The molecule has 7 aromatic rings. The molecule has 0 spiro atoms. The van der Waals surface area contributed by atoms with Gasteiger partial charge in [-0.15, -0.1) is 0 Å². The summed E-state index contributed by atoms with van der Waals surface area (Å²) < 4.78 is 10.2. The number of hydrogen-bond acceptors (Lipinski definition) is 2. The Bertz CT molecular complexity index is 1960. The molecule has 0 atom stereocenters. The molecule has 0 radical (unpaired) electrons. The minimum Gasteiger partial charge on any atom is -0.497 e. The lowest BCUT2D eigenvalue weighted by Crippen LogP contribution is -1.96. The van der Waals surface area contributed by atoms with E-state index >= 15 is 0 Å². The van der Waals surface area contributed by atoms with Crippen molar-refractivity contribution in [3.63, 3.8) is 0 Å². The van der Waals surface area contributed by atoms with E-state index in [1.165, 1.54) is 21.5 Å². The molecule has 7 rings (SSSR count). The monoisotopic (exact) mass is 466 g/mol. The van der Waals surface area contributed by atoms with E-state index in [0.29, 0.717) is 5.56 Å². The zero-order valence-electron chi connectivity index (χ0n) is 19.7. The van der Waals surface area contributed by atoms with Gasteiger partial charge in [-0.3, -0.25) is 4.79 Å². The van der Waals surface area contributed by atoms with Crippen molar-refractivity contribution < 1.29 is 9.53 Å². The quantitative estimate of drug-likeness (QED) is 0.249. The number of carbonyl (C=O) groups excluding carboxylic acids is 1. The van der Waals surface area contributed by atoms with Gasteiger partial charge in [0.1, 0.15) is 12.0 Å². The standard InChI is InChI=1S/C32H22N2O2/c1-36-24-11-7-10-23(19-24)34-28-14-4-2-12-25(28)26-16-17-30-31(32(26)34)27-13-3-5-15-29(27)33(30)22-9-6-8-21(18-22)20-35/h2-20H,1H3. The van der Waals surface area contributed by atoms with E-state index in [0.717, 1.165) is 45.5 Å². The van der Waals surface area contributed by atoms with Crippen LogP contribution in [0.4, 0.5) is 0 Å². The Morgan fingerprint density at radius 3 is 2.08 bits per heavy atom. The highest BCUT2D eigenvalue weighted by Gasteiger charge is 2.20. The highest BCUT2D eigenvalue weighted by atomic mass is 16.5. The molecule has 0 aliphatic heterocycles. The van der Waals surface area contributed by atoms with Crippen molar-refractivity contribution in [2.75, 3.05) is 7.11 Å². The molecule has 0 saturated heterocycles. The zero-order chi connectivity index (χ0) is 24.2. The van der Waals surface area contributed by atoms with Crippen LogP contribution in [0.15, 0.2) is 109 Å². The third-order valence-corrected chi connectivity index (χ3v) is 7.05. The molecular weight excluding hydrogens is 444 g/mol. The van der Waals surface area contributed by atoms with Crippen molar-refractivity contribution >= 4 is 49.9 Å². The maximum absolute atomic E-state index is 11.6. The molecule has 0 aliphatic carbocycles. The maximum atomic E-state index is 11.6. The predicted molar refractivity (Wildman–Crippen MR) is 147 cm³/mol. The minimum absolute atomic E-state index is 0.657. The lowest BCUT2D eigenvalue weighted by Gasteiger charge is -2.11. The van der Waals surface area contributed by atoms with Gasteiger partial charge >= 0.3 is 0 Å². The van der Waals surface area contributed by atoms with Crippen LogP contribution in [0, 0.1) is 0 Å². The topological polar surface area (TPSA) is 36.2 Å². The number of carbonyl (C=O) groups is 1. The maximum Gasteiger partial charge on any atom is 0.150 e. The Morgan fingerprint density at radius 2 is 1.31 bits per heavy atom. The first-order chi connectivity index (χ1) is 17.8. The van der Waals surface area contributed by atoms with Crippen LogP contribution in [-0.2, 0) is 0 Å². The van der Waals surface area contributed by atoms with E-state index in [-0.39, 0.29) is 0 Å². The van der Waals surface area contributed by atoms with Crippen LogP contribution in [0.2, 0.25) is 0 Å². The summed E-state index contributed by atoms with van der Waals surface area (Å²) in [5.41, 5.74) is 7.17. The minimum atomic E-state index is 0.657. The van der Waals surface area contributed by atoms with Crippen molar-refractivity contribution in [2.24, 2.45) is 0 Å². The molecule has 5 aromatic carbocycles. The van der Waals surface area contributed by atoms with Crippen molar-refractivity contribution in [1.82, 2.24) is 9.13 Å². The van der Waals surface area contributed by atoms with E-state index in [1.54, 1.807) is 7.11 Å². The lowest BCUT2D eigenvalue weighted by atomic mass is 10.1. The zero-order valence-corrected chi connectivity index (χ0v) is 19.7. The highest BCUT2D eigenvalue weighted by molar-refractivity contribution is 6.26. The second-order valence-electron chi connectivity index (χ2n) is 8.98. The van der Waals surface area contributed by atoms with Crippen LogP contribution in [0.1, 0.15) is 10.4 Å². The van der Waals surface area contributed by atoms with E-state index in [1.807, 2.05) is 30.3 Å². The van der Waals surface area contributed by atoms with Gasteiger partial charge in [-0.2, -0.15) is 0 Å². The average molecular weight is 467 g/mol. The van der Waals surface area contributed by atoms with Crippen molar-refractivity contribution in [1.29, 1.82) is 0 Å². The number of para-hydroxylation sites is 2. The molecule has 4 heteroatoms. The Balaban J connectivity index is 1.71. The molecule has 0 amide bonds. The first kappa shape index (κ1) is 20.5. The van der Waals surface area contributed by atoms with Gasteiger partial charge in [0.25, 0.3) is 0 Å². The first-order valence-electron chi connectivity index (χ1n) is 11.9. The summed E-state index contributed by atoms with van der Waals surface area (Å²) in [6.07, 6.45) is 0.899. The second-order valence-corrected chi connectivity index (χ2v) is 8.98. The molecule has 4 nitrogen and oxygen atoms in total. The van der Waals surface area contributed by atoms with Gasteiger partial charge in [0, 0.05) is 44.5 Å². The molecule has 172 valence electrons.